The van der Waals surface area contributed by atoms with Gasteiger partial charge in [-0.1, -0.05) is 80.1 Å². The summed E-state index contributed by atoms with van der Waals surface area (Å²) in [7, 11) is 0. The molecule has 0 radical (unpaired) electrons. The van der Waals surface area contributed by atoms with Crippen LogP contribution in [-0.2, 0) is 27.8 Å². The van der Waals surface area contributed by atoms with E-state index in [1.165, 1.54) is 12.5 Å². The molecule has 3 aromatic carbocycles. The van der Waals surface area contributed by atoms with E-state index in [2.05, 4.69) is 55.1 Å². The topological polar surface area (TPSA) is 79.3 Å². The normalized spacial score (nSPS) is 27.4. The minimum Gasteiger partial charge on any atom is -0.483 e. The summed E-state index contributed by atoms with van der Waals surface area (Å²) in [5.74, 6) is 0.731. The number of hydrogen-bond acceptors (Lipinski definition) is 6. The number of piperidine rings is 1. The van der Waals surface area contributed by atoms with E-state index in [1.807, 2.05) is 48.2 Å². The lowest BCUT2D eigenvalue weighted by atomic mass is 9.48. The van der Waals surface area contributed by atoms with Gasteiger partial charge in [0.25, 0.3) is 0 Å². The second-order valence-electron chi connectivity index (χ2n) is 14.4. The number of aliphatic hydroxyl groups is 1. The SMILES string of the molecule is CC(=O)Oc1ccc2c3c1O[C@H]1[C@H](N(CC(C)C)C(=O)C=Cc4cccc(C)c4)CC[C@@]4(O)[C@@H](C2)N(CCc2ccccc2)CC[C@]314. The van der Waals surface area contributed by atoms with Crippen molar-refractivity contribution in [2.24, 2.45) is 5.92 Å². The van der Waals surface area contributed by atoms with E-state index in [1.54, 1.807) is 6.08 Å². The third-order valence-corrected chi connectivity index (χ3v) is 11.0. The van der Waals surface area contributed by atoms with Crippen molar-refractivity contribution < 1.29 is 24.2 Å². The van der Waals surface area contributed by atoms with Crippen molar-refractivity contribution in [2.75, 3.05) is 19.6 Å². The van der Waals surface area contributed by atoms with Crippen LogP contribution >= 0.6 is 0 Å². The van der Waals surface area contributed by atoms with Gasteiger partial charge in [0.15, 0.2) is 11.5 Å². The van der Waals surface area contributed by atoms with Crippen molar-refractivity contribution in [1.82, 2.24) is 9.80 Å². The van der Waals surface area contributed by atoms with E-state index in [9.17, 15) is 14.7 Å². The maximum Gasteiger partial charge on any atom is 0.308 e. The number of carbonyl (C=O) groups is 2. The number of ether oxygens (including phenoxy) is 2. The monoisotopic (exact) mass is 634 g/mol. The molecule has 1 amide bonds. The van der Waals surface area contributed by atoms with Crippen LogP contribution in [0.3, 0.4) is 0 Å². The second-order valence-corrected chi connectivity index (χ2v) is 14.4. The molecule has 1 saturated heterocycles. The highest BCUT2D eigenvalue weighted by molar-refractivity contribution is 5.92. The van der Waals surface area contributed by atoms with Crippen LogP contribution in [0.4, 0.5) is 0 Å². The zero-order valence-corrected chi connectivity index (χ0v) is 27.9. The molecular formula is C40H46N2O5. The first-order chi connectivity index (χ1) is 22.6. The number of hydrogen-bond donors (Lipinski definition) is 1. The van der Waals surface area contributed by atoms with Crippen molar-refractivity contribution in [3.05, 3.63) is 101 Å². The van der Waals surface area contributed by atoms with Gasteiger partial charge in [0.2, 0.25) is 5.91 Å². The molecule has 4 aliphatic rings. The predicted molar refractivity (Wildman–Crippen MR) is 182 cm³/mol. The van der Waals surface area contributed by atoms with Crippen molar-refractivity contribution in [1.29, 1.82) is 0 Å². The summed E-state index contributed by atoms with van der Waals surface area (Å²) in [5, 5.41) is 13.1. The van der Waals surface area contributed by atoms with Crippen LogP contribution in [0.2, 0.25) is 0 Å². The Balaban J connectivity index is 1.28. The summed E-state index contributed by atoms with van der Waals surface area (Å²) in [6.07, 6.45) is 6.59. The van der Waals surface area contributed by atoms with E-state index >= 15 is 0 Å². The smallest absolute Gasteiger partial charge is 0.308 e. The van der Waals surface area contributed by atoms with Crippen LogP contribution in [0.1, 0.15) is 67.9 Å². The average Bonchev–Trinajstić information content (AvgIpc) is 3.39. The van der Waals surface area contributed by atoms with Crippen LogP contribution in [0.25, 0.3) is 6.08 Å². The van der Waals surface area contributed by atoms with Gasteiger partial charge in [-0.25, -0.2) is 0 Å². The highest BCUT2D eigenvalue weighted by Gasteiger charge is 2.73. The van der Waals surface area contributed by atoms with Gasteiger partial charge in [-0.2, -0.15) is 0 Å². The lowest BCUT2D eigenvalue weighted by Gasteiger charge is -2.65. The van der Waals surface area contributed by atoms with Crippen LogP contribution in [0.15, 0.2) is 72.8 Å². The number of aryl methyl sites for hydroxylation is 1. The van der Waals surface area contributed by atoms with E-state index in [-0.39, 0.29) is 23.9 Å². The van der Waals surface area contributed by atoms with E-state index in [4.69, 9.17) is 9.47 Å². The fourth-order valence-corrected chi connectivity index (χ4v) is 9.15. The van der Waals surface area contributed by atoms with Crippen molar-refractivity contribution in [2.45, 2.75) is 89.0 Å². The summed E-state index contributed by atoms with van der Waals surface area (Å²) in [6, 6.07) is 22.2. The molecule has 7 nitrogen and oxygen atoms in total. The van der Waals surface area contributed by atoms with Crippen molar-refractivity contribution in [3.8, 4) is 11.5 Å². The summed E-state index contributed by atoms with van der Waals surface area (Å²) in [5.41, 5.74) is 3.76. The van der Waals surface area contributed by atoms with E-state index in [0.29, 0.717) is 43.7 Å². The first kappa shape index (κ1) is 31.6. The van der Waals surface area contributed by atoms with Gasteiger partial charge >= 0.3 is 5.97 Å². The Bertz CT molecular complexity index is 1700. The number of carbonyl (C=O) groups excluding carboxylic acids is 2. The van der Waals surface area contributed by atoms with Gasteiger partial charge in [-0.15, -0.1) is 0 Å². The number of amides is 1. The summed E-state index contributed by atoms with van der Waals surface area (Å²) >= 11 is 0. The molecule has 3 aromatic rings. The molecule has 0 unspecified atom stereocenters. The quantitative estimate of drug-likeness (QED) is 0.180. The summed E-state index contributed by atoms with van der Waals surface area (Å²) in [6.45, 7) is 9.95. The molecular weight excluding hydrogens is 588 g/mol. The number of benzene rings is 3. The van der Waals surface area contributed by atoms with Gasteiger partial charge in [0.05, 0.1) is 17.1 Å². The molecule has 1 spiro atoms. The van der Waals surface area contributed by atoms with Crippen molar-refractivity contribution >= 4 is 18.0 Å². The third kappa shape index (κ3) is 5.38. The Hall–Kier alpha value is -3.94. The van der Waals surface area contributed by atoms with Gasteiger partial charge in [0, 0.05) is 37.7 Å². The largest absolute Gasteiger partial charge is 0.483 e. The predicted octanol–water partition coefficient (Wildman–Crippen LogP) is 5.88. The van der Waals surface area contributed by atoms with E-state index in [0.717, 1.165) is 41.8 Å². The Labute approximate surface area is 278 Å². The molecule has 47 heavy (non-hydrogen) atoms. The van der Waals surface area contributed by atoms with Crippen LogP contribution in [0.5, 0.6) is 11.5 Å². The Morgan fingerprint density at radius 1 is 1.11 bits per heavy atom. The average molecular weight is 635 g/mol. The van der Waals surface area contributed by atoms with Crippen LogP contribution in [0, 0.1) is 12.8 Å². The third-order valence-electron chi connectivity index (χ3n) is 11.0. The standard InChI is InChI=1S/C40H46N2O5/c1-26(2)25-42(35(44)16-13-30-12-8-9-27(3)23-30)32-17-19-40(45)34-24-31-14-15-33(46-28(4)43)37-36(31)39(40,38(32)47-37)20-22-41(34)21-18-29-10-6-5-7-11-29/h5-16,23,26,32,34,38,45H,17-22,24-25H2,1-4H3/t32-,34-,38+,39+,40-/m1/s1. The molecule has 5 atom stereocenters. The van der Waals surface area contributed by atoms with Gasteiger partial charge < -0.3 is 19.5 Å². The molecule has 1 N–H and O–H groups in total. The number of rotatable bonds is 9. The Morgan fingerprint density at radius 2 is 1.91 bits per heavy atom. The number of esters is 1. The Kier molecular flexibility index (Phi) is 8.25. The fourth-order valence-electron chi connectivity index (χ4n) is 9.15. The first-order valence-electron chi connectivity index (χ1n) is 17.2. The van der Waals surface area contributed by atoms with Gasteiger partial charge in [-0.3, -0.25) is 14.5 Å². The molecule has 1 saturated carbocycles. The second kappa shape index (κ2) is 12.3. The molecule has 7 rings (SSSR count). The maximum absolute atomic E-state index is 14.1. The molecule has 2 bridgehead atoms. The van der Waals surface area contributed by atoms with E-state index < -0.39 is 23.1 Å². The fraction of sp³-hybridized carbons (Fsp3) is 0.450. The molecule has 246 valence electrons. The zero-order valence-electron chi connectivity index (χ0n) is 27.9. The number of nitrogens with zero attached hydrogens (tertiary/aromatic N) is 2. The number of likely N-dealkylation sites (tertiary alicyclic amines) is 1. The molecule has 2 fully saturated rings. The molecule has 2 aliphatic heterocycles. The first-order valence-corrected chi connectivity index (χ1v) is 17.2. The molecule has 2 aliphatic carbocycles. The summed E-state index contributed by atoms with van der Waals surface area (Å²) in [4.78, 5) is 30.8. The maximum atomic E-state index is 14.1. The molecule has 0 aromatic heterocycles. The van der Waals surface area contributed by atoms with Crippen molar-refractivity contribution in [3.63, 3.8) is 0 Å². The van der Waals surface area contributed by atoms with Gasteiger partial charge in [-0.05, 0) is 80.3 Å². The van der Waals surface area contributed by atoms with Gasteiger partial charge in [0.1, 0.15) is 6.10 Å². The highest BCUT2D eigenvalue weighted by atomic mass is 16.6. The zero-order chi connectivity index (χ0) is 32.9. The summed E-state index contributed by atoms with van der Waals surface area (Å²) < 4.78 is 12.7. The highest BCUT2D eigenvalue weighted by Crippen LogP contribution is 2.66. The molecule has 2 heterocycles. The lowest BCUT2D eigenvalue weighted by Crippen LogP contribution is -2.78. The minimum absolute atomic E-state index is 0.0558. The van der Waals surface area contributed by atoms with Crippen LogP contribution in [-0.4, -0.2) is 70.2 Å². The Morgan fingerprint density at radius 3 is 2.66 bits per heavy atom. The molecule has 7 heteroatoms. The minimum atomic E-state index is -1.06. The lowest BCUT2D eigenvalue weighted by molar-refractivity contribution is -0.201. The van der Waals surface area contributed by atoms with Crippen LogP contribution < -0.4 is 9.47 Å².